The Labute approximate surface area is 109 Å². The average Bonchev–Trinajstić information content (AvgIpc) is 2.87. The minimum absolute atomic E-state index is 0.920. The molecule has 0 unspecified atom stereocenters. The fraction of sp³-hybridized carbons (Fsp3) is 0.867. The second-order valence-electron chi connectivity index (χ2n) is 4.69. The Kier molecular flexibility index (Phi) is 10.6. The Balaban J connectivity index is 0.000000450. The third-order valence-corrected chi connectivity index (χ3v) is 3.35. The van der Waals surface area contributed by atoms with Crippen molar-refractivity contribution in [1.82, 2.24) is 9.80 Å². The van der Waals surface area contributed by atoms with E-state index in [2.05, 4.69) is 23.4 Å². The van der Waals surface area contributed by atoms with Crippen LogP contribution < -0.4 is 0 Å². The molecular formula is C15H32N2. The molecule has 2 saturated heterocycles. The van der Waals surface area contributed by atoms with Crippen molar-refractivity contribution in [2.24, 2.45) is 0 Å². The van der Waals surface area contributed by atoms with Gasteiger partial charge in [0.1, 0.15) is 0 Å². The third-order valence-electron chi connectivity index (χ3n) is 3.35. The van der Waals surface area contributed by atoms with Gasteiger partial charge in [0.2, 0.25) is 0 Å². The standard InChI is InChI=1S/C10H20N2.C3H6.C2H6/c1-11-8-4-10(5-9-11)12-6-2-3-7-12;1-3-2;1-2/h10H,2-9H2,1H3;3H,1H2,2H3;1-2H3. The van der Waals surface area contributed by atoms with E-state index in [-0.39, 0.29) is 0 Å². The van der Waals surface area contributed by atoms with Crippen molar-refractivity contribution in [2.45, 2.75) is 52.5 Å². The van der Waals surface area contributed by atoms with E-state index in [0.29, 0.717) is 0 Å². The van der Waals surface area contributed by atoms with Gasteiger partial charge in [-0.05, 0) is 65.8 Å². The maximum Gasteiger partial charge on any atom is 0.0120 e. The van der Waals surface area contributed by atoms with Crippen LogP contribution in [-0.2, 0) is 0 Å². The lowest BCUT2D eigenvalue weighted by Gasteiger charge is -2.34. The molecule has 0 aliphatic carbocycles. The molecule has 2 fully saturated rings. The maximum absolute atomic E-state index is 3.36. The SMILES string of the molecule is C=CC.CC.CN1CCC(N2CCCC2)CC1. The summed E-state index contributed by atoms with van der Waals surface area (Å²) < 4.78 is 0. The van der Waals surface area contributed by atoms with Gasteiger partial charge in [-0.15, -0.1) is 6.58 Å². The minimum atomic E-state index is 0.920. The molecule has 0 atom stereocenters. The summed E-state index contributed by atoms with van der Waals surface area (Å²) >= 11 is 0. The lowest BCUT2D eigenvalue weighted by atomic mass is 10.0. The van der Waals surface area contributed by atoms with E-state index >= 15 is 0 Å². The van der Waals surface area contributed by atoms with Crippen LogP contribution >= 0.6 is 0 Å². The second kappa shape index (κ2) is 10.8. The molecule has 0 aromatic rings. The Hall–Kier alpha value is -0.340. The summed E-state index contributed by atoms with van der Waals surface area (Å²) in [4.78, 5) is 5.15. The van der Waals surface area contributed by atoms with Crippen molar-refractivity contribution in [3.05, 3.63) is 12.7 Å². The lowest BCUT2D eigenvalue weighted by molar-refractivity contribution is 0.143. The maximum atomic E-state index is 3.36. The van der Waals surface area contributed by atoms with Crippen molar-refractivity contribution in [1.29, 1.82) is 0 Å². The molecule has 2 nitrogen and oxygen atoms in total. The molecule has 0 aromatic carbocycles. The molecule has 2 rings (SSSR count). The predicted octanol–water partition coefficient (Wildman–Crippen LogP) is 3.39. The van der Waals surface area contributed by atoms with Crippen molar-refractivity contribution >= 4 is 0 Å². The Morgan fingerprint density at radius 1 is 1.00 bits per heavy atom. The van der Waals surface area contributed by atoms with Gasteiger partial charge in [-0.3, -0.25) is 0 Å². The monoisotopic (exact) mass is 240 g/mol. The summed E-state index contributed by atoms with van der Waals surface area (Å²) in [7, 11) is 2.24. The van der Waals surface area contributed by atoms with E-state index in [4.69, 9.17) is 0 Å². The van der Waals surface area contributed by atoms with E-state index in [1.54, 1.807) is 6.08 Å². The van der Waals surface area contributed by atoms with Crippen LogP contribution in [0.1, 0.15) is 46.5 Å². The predicted molar refractivity (Wildman–Crippen MR) is 78.5 cm³/mol. The Morgan fingerprint density at radius 3 is 1.82 bits per heavy atom. The van der Waals surface area contributed by atoms with E-state index in [1.807, 2.05) is 20.8 Å². The largest absolute Gasteiger partial charge is 0.306 e. The van der Waals surface area contributed by atoms with Crippen LogP contribution in [-0.4, -0.2) is 49.1 Å². The first-order chi connectivity index (χ1) is 8.27. The van der Waals surface area contributed by atoms with Gasteiger partial charge in [-0.2, -0.15) is 0 Å². The Morgan fingerprint density at radius 2 is 1.41 bits per heavy atom. The highest BCUT2D eigenvalue weighted by atomic mass is 15.2. The van der Waals surface area contributed by atoms with Crippen molar-refractivity contribution in [2.75, 3.05) is 33.2 Å². The van der Waals surface area contributed by atoms with Gasteiger partial charge in [0.05, 0.1) is 0 Å². The summed E-state index contributed by atoms with van der Waals surface area (Å²) in [5, 5.41) is 0. The van der Waals surface area contributed by atoms with Gasteiger partial charge in [0, 0.05) is 6.04 Å². The van der Waals surface area contributed by atoms with E-state index in [1.165, 1.54) is 51.9 Å². The fourth-order valence-electron chi connectivity index (χ4n) is 2.47. The topological polar surface area (TPSA) is 6.48 Å². The molecular weight excluding hydrogens is 208 g/mol. The van der Waals surface area contributed by atoms with Crippen LogP contribution in [0.5, 0.6) is 0 Å². The van der Waals surface area contributed by atoms with Crippen LogP contribution in [0.4, 0.5) is 0 Å². The minimum Gasteiger partial charge on any atom is -0.306 e. The molecule has 0 saturated carbocycles. The number of hydrogen-bond acceptors (Lipinski definition) is 2. The smallest absolute Gasteiger partial charge is 0.0120 e. The highest BCUT2D eigenvalue weighted by molar-refractivity contribution is 4.81. The highest BCUT2D eigenvalue weighted by Gasteiger charge is 2.24. The van der Waals surface area contributed by atoms with Crippen LogP contribution in [0, 0.1) is 0 Å². The van der Waals surface area contributed by atoms with Crippen LogP contribution in [0.15, 0.2) is 12.7 Å². The van der Waals surface area contributed by atoms with Crippen LogP contribution in [0.25, 0.3) is 0 Å². The summed E-state index contributed by atoms with van der Waals surface area (Å²) in [6.07, 6.45) is 7.42. The molecule has 102 valence electrons. The molecule has 0 radical (unpaired) electrons. The first-order valence-corrected chi connectivity index (χ1v) is 7.27. The van der Waals surface area contributed by atoms with Crippen molar-refractivity contribution in [3.8, 4) is 0 Å². The van der Waals surface area contributed by atoms with Gasteiger partial charge < -0.3 is 9.80 Å². The molecule has 2 aliphatic heterocycles. The second-order valence-corrected chi connectivity index (χ2v) is 4.69. The molecule has 2 heteroatoms. The first kappa shape index (κ1) is 16.7. The number of piperidine rings is 1. The fourth-order valence-corrected chi connectivity index (χ4v) is 2.47. The van der Waals surface area contributed by atoms with Gasteiger partial charge in [-0.25, -0.2) is 0 Å². The molecule has 0 amide bonds. The van der Waals surface area contributed by atoms with Crippen LogP contribution in [0.2, 0.25) is 0 Å². The summed E-state index contributed by atoms with van der Waals surface area (Å²) in [5.74, 6) is 0. The van der Waals surface area contributed by atoms with E-state index in [9.17, 15) is 0 Å². The summed E-state index contributed by atoms with van der Waals surface area (Å²) in [6, 6.07) is 0.920. The van der Waals surface area contributed by atoms with Gasteiger partial charge >= 0.3 is 0 Å². The van der Waals surface area contributed by atoms with Gasteiger partial charge in [0.25, 0.3) is 0 Å². The van der Waals surface area contributed by atoms with Gasteiger partial charge in [-0.1, -0.05) is 19.9 Å². The molecule has 0 aromatic heterocycles. The zero-order valence-electron chi connectivity index (χ0n) is 12.4. The van der Waals surface area contributed by atoms with Gasteiger partial charge in [0.15, 0.2) is 0 Å². The highest BCUT2D eigenvalue weighted by Crippen LogP contribution is 2.19. The number of rotatable bonds is 1. The molecule has 0 N–H and O–H groups in total. The third kappa shape index (κ3) is 6.85. The molecule has 0 spiro atoms. The van der Waals surface area contributed by atoms with Crippen molar-refractivity contribution < 1.29 is 0 Å². The number of likely N-dealkylation sites (tertiary alicyclic amines) is 2. The molecule has 17 heavy (non-hydrogen) atoms. The van der Waals surface area contributed by atoms with Crippen LogP contribution in [0.3, 0.4) is 0 Å². The average molecular weight is 240 g/mol. The zero-order valence-corrected chi connectivity index (χ0v) is 12.4. The first-order valence-electron chi connectivity index (χ1n) is 7.27. The normalized spacial score (nSPS) is 22.1. The quantitative estimate of drug-likeness (QED) is 0.648. The number of nitrogens with zero attached hydrogens (tertiary/aromatic N) is 2. The summed E-state index contributed by atoms with van der Waals surface area (Å²) in [5.41, 5.74) is 0. The number of allylic oxidation sites excluding steroid dienone is 1. The molecule has 2 heterocycles. The lowest BCUT2D eigenvalue weighted by Crippen LogP contribution is -2.42. The van der Waals surface area contributed by atoms with E-state index < -0.39 is 0 Å². The number of hydrogen-bond donors (Lipinski definition) is 0. The Bertz CT molecular complexity index is 166. The van der Waals surface area contributed by atoms with E-state index in [0.717, 1.165) is 6.04 Å². The zero-order chi connectivity index (χ0) is 13.1. The summed E-state index contributed by atoms with van der Waals surface area (Å²) in [6.45, 7) is 14.6. The molecule has 0 bridgehead atoms. The molecule has 2 aliphatic rings. The van der Waals surface area contributed by atoms with Crippen molar-refractivity contribution in [3.63, 3.8) is 0 Å².